The van der Waals surface area contributed by atoms with E-state index in [-0.39, 0.29) is 5.82 Å². The summed E-state index contributed by atoms with van der Waals surface area (Å²) < 4.78 is 16.1. The summed E-state index contributed by atoms with van der Waals surface area (Å²) in [7, 11) is 0. The first kappa shape index (κ1) is 21.4. The minimum Gasteiger partial charge on any atom is -0.372 e. The molecular formula is C22H24ClFN4S. The summed E-state index contributed by atoms with van der Waals surface area (Å²) in [6.07, 6.45) is 1.80. The highest BCUT2D eigenvalue weighted by Gasteiger charge is 2.16. The van der Waals surface area contributed by atoms with Crippen molar-refractivity contribution >= 4 is 29.1 Å². The molecule has 152 valence electrons. The van der Waals surface area contributed by atoms with Gasteiger partial charge in [-0.05, 0) is 50.2 Å². The van der Waals surface area contributed by atoms with Gasteiger partial charge in [0.15, 0.2) is 11.0 Å². The molecule has 1 heterocycles. The van der Waals surface area contributed by atoms with E-state index in [1.165, 1.54) is 23.5 Å². The van der Waals surface area contributed by atoms with Gasteiger partial charge in [0.1, 0.15) is 5.82 Å². The van der Waals surface area contributed by atoms with Crippen LogP contribution in [0.25, 0.3) is 11.4 Å². The second-order valence-corrected chi connectivity index (χ2v) is 7.76. The SMILES string of the molecule is C=CCn1c(SCc2c(F)cccc2Cl)nnc1-c1ccc(N(CC)CC)cc1. The van der Waals surface area contributed by atoms with Crippen LogP contribution in [-0.2, 0) is 12.3 Å². The van der Waals surface area contributed by atoms with Crippen molar-refractivity contribution in [1.82, 2.24) is 14.8 Å². The van der Waals surface area contributed by atoms with E-state index in [9.17, 15) is 4.39 Å². The zero-order valence-corrected chi connectivity index (χ0v) is 18.2. The summed E-state index contributed by atoms with van der Waals surface area (Å²) in [4.78, 5) is 2.29. The average molecular weight is 431 g/mol. The van der Waals surface area contributed by atoms with Crippen LogP contribution in [0, 0.1) is 5.82 Å². The number of benzene rings is 2. The molecule has 1 aromatic heterocycles. The topological polar surface area (TPSA) is 34.0 Å². The first-order valence-corrected chi connectivity index (χ1v) is 10.9. The molecule has 0 aliphatic carbocycles. The lowest BCUT2D eigenvalue weighted by molar-refractivity contribution is 0.617. The maximum Gasteiger partial charge on any atom is 0.192 e. The second kappa shape index (κ2) is 9.94. The maximum absolute atomic E-state index is 14.1. The van der Waals surface area contributed by atoms with Gasteiger partial charge in [0.25, 0.3) is 0 Å². The lowest BCUT2D eigenvalue weighted by Gasteiger charge is -2.21. The van der Waals surface area contributed by atoms with Gasteiger partial charge >= 0.3 is 0 Å². The number of aromatic nitrogens is 3. The van der Waals surface area contributed by atoms with Crippen LogP contribution < -0.4 is 4.90 Å². The van der Waals surface area contributed by atoms with E-state index in [0.29, 0.717) is 28.0 Å². The zero-order valence-electron chi connectivity index (χ0n) is 16.6. The summed E-state index contributed by atoms with van der Waals surface area (Å²) >= 11 is 7.55. The lowest BCUT2D eigenvalue weighted by atomic mass is 10.2. The smallest absolute Gasteiger partial charge is 0.192 e. The van der Waals surface area contributed by atoms with Crippen molar-refractivity contribution in [2.45, 2.75) is 31.3 Å². The van der Waals surface area contributed by atoms with Gasteiger partial charge in [-0.3, -0.25) is 4.57 Å². The van der Waals surface area contributed by atoms with Gasteiger partial charge in [-0.15, -0.1) is 16.8 Å². The normalized spacial score (nSPS) is 10.9. The Morgan fingerprint density at radius 2 is 1.86 bits per heavy atom. The monoisotopic (exact) mass is 430 g/mol. The van der Waals surface area contributed by atoms with Gasteiger partial charge in [0.2, 0.25) is 0 Å². The van der Waals surface area contributed by atoms with Gasteiger partial charge < -0.3 is 4.90 Å². The Balaban J connectivity index is 1.86. The Morgan fingerprint density at radius 3 is 2.48 bits per heavy atom. The van der Waals surface area contributed by atoms with Crippen LogP contribution in [-0.4, -0.2) is 27.9 Å². The molecule has 7 heteroatoms. The van der Waals surface area contributed by atoms with E-state index in [1.54, 1.807) is 18.2 Å². The van der Waals surface area contributed by atoms with Crippen molar-refractivity contribution in [3.05, 3.63) is 71.5 Å². The highest BCUT2D eigenvalue weighted by Crippen LogP contribution is 2.30. The van der Waals surface area contributed by atoms with Crippen LogP contribution in [0.4, 0.5) is 10.1 Å². The van der Waals surface area contributed by atoms with Crippen molar-refractivity contribution in [3.63, 3.8) is 0 Å². The molecule has 0 fully saturated rings. The fourth-order valence-corrected chi connectivity index (χ4v) is 4.41. The van der Waals surface area contributed by atoms with E-state index in [1.807, 2.05) is 4.57 Å². The molecule has 0 unspecified atom stereocenters. The average Bonchev–Trinajstić information content (AvgIpc) is 3.12. The Labute approximate surface area is 180 Å². The van der Waals surface area contributed by atoms with Crippen molar-refractivity contribution in [2.75, 3.05) is 18.0 Å². The first-order chi connectivity index (χ1) is 14.1. The zero-order chi connectivity index (χ0) is 20.8. The third-order valence-corrected chi connectivity index (χ3v) is 6.04. The van der Waals surface area contributed by atoms with Crippen molar-refractivity contribution in [3.8, 4) is 11.4 Å². The molecule has 3 aromatic rings. The van der Waals surface area contributed by atoms with E-state index < -0.39 is 0 Å². The largest absolute Gasteiger partial charge is 0.372 e. The number of hydrogen-bond donors (Lipinski definition) is 0. The summed E-state index contributed by atoms with van der Waals surface area (Å²) in [5.41, 5.74) is 2.63. The Hall–Kier alpha value is -2.31. The molecule has 0 amide bonds. The van der Waals surface area contributed by atoms with Gasteiger partial charge in [-0.1, -0.05) is 35.5 Å². The molecule has 0 saturated heterocycles. The molecule has 0 saturated carbocycles. The van der Waals surface area contributed by atoms with Crippen LogP contribution in [0.2, 0.25) is 5.02 Å². The van der Waals surface area contributed by atoms with Gasteiger partial charge in [-0.25, -0.2) is 4.39 Å². The van der Waals surface area contributed by atoms with Crippen molar-refractivity contribution in [2.24, 2.45) is 0 Å². The van der Waals surface area contributed by atoms with E-state index >= 15 is 0 Å². The van der Waals surface area contributed by atoms with Crippen molar-refractivity contribution in [1.29, 1.82) is 0 Å². The molecule has 0 N–H and O–H groups in total. The minimum absolute atomic E-state index is 0.313. The molecule has 0 bridgehead atoms. The molecule has 0 aliphatic heterocycles. The Bertz CT molecular complexity index is 947. The highest BCUT2D eigenvalue weighted by molar-refractivity contribution is 7.98. The van der Waals surface area contributed by atoms with Crippen molar-refractivity contribution < 1.29 is 4.39 Å². The number of rotatable bonds is 9. The number of anilines is 1. The fraction of sp³-hybridized carbons (Fsp3) is 0.273. The number of thioether (sulfide) groups is 1. The van der Waals surface area contributed by atoms with Crippen LogP contribution >= 0.6 is 23.4 Å². The van der Waals surface area contributed by atoms with Crippen LogP contribution in [0.1, 0.15) is 19.4 Å². The third kappa shape index (κ3) is 4.82. The van der Waals surface area contributed by atoms with E-state index in [4.69, 9.17) is 11.6 Å². The summed E-state index contributed by atoms with van der Waals surface area (Å²) in [5, 5.41) is 9.83. The predicted octanol–water partition coefficient (Wildman–Crippen LogP) is 6.06. The lowest BCUT2D eigenvalue weighted by Crippen LogP contribution is -2.21. The van der Waals surface area contributed by atoms with Gasteiger partial charge in [-0.2, -0.15) is 0 Å². The second-order valence-electron chi connectivity index (χ2n) is 6.41. The molecule has 0 spiro atoms. The number of allylic oxidation sites excluding steroid dienone is 1. The number of nitrogens with zero attached hydrogens (tertiary/aromatic N) is 4. The highest BCUT2D eigenvalue weighted by atomic mass is 35.5. The molecule has 4 nitrogen and oxygen atoms in total. The third-order valence-electron chi connectivity index (χ3n) is 4.69. The molecule has 0 atom stereocenters. The quantitative estimate of drug-likeness (QED) is 0.305. The minimum atomic E-state index is -0.313. The standard InChI is InChI=1S/C22H24ClFN4S/c1-4-14-28-21(16-10-12-17(13-11-16)27(5-2)6-3)25-26-22(28)29-15-18-19(23)8-7-9-20(18)24/h4,7-13H,1,5-6,14-15H2,2-3H3. The first-order valence-electron chi connectivity index (χ1n) is 9.54. The predicted molar refractivity (Wildman–Crippen MR) is 120 cm³/mol. The number of hydrogen-bond acceptors (Lipinski definition) is 4. The summed E-state index contributed by atoms with van der Waals surface area (Å²) in [6.45, 7) is 10.6. The fourth-order valence-electron chi connectivity index (χ4n) is 3.12. The number of halogens is 2. The molecule has 29 heavy (non-hydrogen) atoms. The van der Waals surface area contributed by atoms with E-state index in [0.717, 1.165) is 24.5 Å². The molecule has 2 aromatic carbocycles. The maximum atomic E-state index is 14.1. The van der Waals surface area contributed by atoms with Crippen LogP contribution in [0.3, 0.4) is 0 Å². The Kier molecular flexibility index (Phi) is 7.34. The van der Waals surface area contributed by atoms with E-state index in [2.05, 4.69) is 59.8 Å². The molecule has 0 radical (unpaired) electrons. The van der Waals surface area contributed by atoms with Crippen LogP contribution in [0.15, 0.2) is 60.3 Å². The molecular weight excluding hydrogens is 407 g/mol. The summed E-state index contributed by atoms with van der Waals surface area (Å²) in [6, 6.07) is 13.0. The van der Waals surface area contributed by atoms with Gasteiger partial charge in [0, 0.05) is 47.2 Å². The molecule has 0 aliphatic rings. The van der Waals surface area contributed by atoms with Crippen LogP contribution in [0.5, 0.6) is 0 Å². The van der Waals surface area contributed by atoms with Gasteiger partial charge in [0.05, 0.1) is 0 Å². The Morgan fingerprint density at radius 1 is 1.14 bits per heavy atom. The summed E-state index contributed by atoms with van der Waals surface area (Å²) in [5.74, 6) is 0.826. The molecule has 3 rings (SSSR count).